The SMILES string of the molecule is Cc1cc(N)cc(S(=O)(=O)NCCNC(=O)C2CC2)c1C. The minimum atomic E-state index is -3.62. The number of carbonyl (C=O) groups is 1. The Morgan fingerprint density at radius 3 is 2.57 bits per heavy atom. The topological polar surface area (TPSA) is 101 Å². The molecule has 1 saturated carbocycles. The molecule has 7 heteroatoms. The number of aryl methyl sites for hydroxylation is 1. The number of carbonyl (C=O) groups excluding carboxylic acids is 1. The largest absolute Gasteiger partial charge is 0.399 e. The molecule has 0 bridgehead atoms. The predicted octanol–water partition coefficient (Wildman–Crippen LogP) is 0.690. The number of nitrogen functional groups attached to an aromatic ring is 1. The van der Waals surface area contributed by atoms with E-state index in [1.54, 1.807) is 13.0 Å². The van der Waals surface area contributed by atoms with Crippen molar-refractivity contribution < 1.29 is 13.2 Å². The van der Waals surface area contributed by atoms with Gasteiger partial charge in [0.1, 0.15) is 0 Å². The molecule has 0 spiro atoms. The van der Waals surface area contributed by atoms with Gasteiger partial charge in [-0.25, -0.2) is 13.1 Å². The molecule has 6 nitrogen and oxygen atoms in total. The van der Waals surface area contributed by atoms with Gasteiger partial charge in [0.15, 0.2) is 0 Å². The molecule has 1 aliphatic rings. The van der Waals surface area contributed by atoms with E-state index in [2.05, 4.69) is 10.0 Å². The highest BCUT2D eigenvalue weighted by Crippen LogP contribution is 2.28. The third kappa shape index (κ3) is 3.95. The monoisotopic (exact) mass is 311 g/mol. The molecule has 2 rings (SSSR count). The highest BCUT2D eigenvalue weighted by Gasteiger charge is 2.29. The van der Waals surface area contributed by atoms with E-state index in [1.165, 1.54) is 6.07 Å². The van der Waals surface area contributed by atoms with Crippen LogP contribution in [0, 0.1) is 19.8 Å². The number of nitrogens with two attached hydrogens (primary N) is 1. The van der Waals surface area contributed by atoms with Crippen molar-refractivity contribution in [2.75, 3.05) is 18.8 Å². The van der Waals surface area contributed by atoms with Crippen LogP contribution in [0.4, 0.5) is 5.69 Å². The Morgan fingerprint density at radius 2 is 1.95 bits per heavy atom. The van der Waals surface area contributed by atoms with Crippen LogP contribution >= 0.6 is 0 Å². The molecule has 116 valence electrons. The molecular weight excluding hydrogens is 290 g/mol. The second-order valence-electron chi connectivity index (χ2n) is 5.42. The number of hydrogen-bond donors (Lipinski definition) is 3. The summed E-state index contributed by atoms with van der Waals surface area (Å²) in [5.41, 5.74) is 7.64. The zero-order valence-electron chi connectivity index (χ0n) is 12.3. The lowest BCUT2D eigenvalue weighted by Gasteiger charge is -2.12. The van der Waals surface area contributed by atoms with Crippen LogP contribution < -0.4 is 15.8 Å². The van der Waals surface area contributed by atoms with E-state index < -0.39 is 10.0 Å². The molecule has 0 heterocycles. The molecule has 1 aromatic carbocycles. The van der Waals surface area contributed by atoms with Gasteiger partial charge in [-0.1, -0.05) is 0 Å². The van der Waals surface area contributed by atoms with Gasteiger partial charge >= 0.3 is 0 Å². The fourth-order valence-electron chi connectivity index (χ4n) is 2.07. The fraction of sp³-hybridized carbons (Fsp3) is 0.500. The molecule has 21 heavy (non-hydrogen) atoms. The zero-order chi connectivity index (χ0) is 15.6. The minimum absolute atomic E-state index is 0.00479. The molecule has 1 aliphatic carbocycles. The Morgan fingerprint density at radius 1 is 1.29 bits per heavy atom. The van der Waals surface area contributed by atoms with Crippen LogP contribution in [0.1, 0.15) is 24.0 Å². The lowest BCUT2D eigenvalue weighted by Crippen LogP contribution is -2.35. The smallest absolute Gasteiger partial charge is 0.240 e. The number of sulfonamides is 1. The van der Waals surface area contributed by atoms with Gasteiger partial charge in [0.2, 0.25) is 15.9 Å². The minimum Gasteiger partial charge on any atom is -0.399 e. The molecule has 0 aliphatic heterocycles. The molecular formula is C14H21N3O3S. The van der Waals surface area contributed by atoms with Crippen LogP contribution in [0.2, 0.25) is 0 Å². The van der Waals surface area contributed by atoms with Crippen LogP contribution in [0.25, 0.3) is 0 Å². The summed E-state index contributed by atoms with van der Waals surface area (Å²) in [5, 5.41) is 2.72. The Labute approximate surface area is 125 Å². The van der Waals surface area contributed by atoms with E-state index in [0.717, 1.165) is 18.4 Å². The summed E-state index contributed by atoms with van der Waals surface area (Å²) in [7, 11) is -3.62. The number of rotatable bonds is 6. The number of amides is 1. The van der Waals surface area contributed by atoms with E-state index in [9.17, 15) is 13.2 Å². The van der Waals surface area contributed by atoms with Crippen molar-refractivity contribution >= 4 is 21.6 Å². The second kappa shape index (κ2) is 6.03. The average Bonchev–Trinajstić information content (AvgIpc) is 3.23. The molecule has 0 aromatic heterocycles. The van der Waals surface area contributed by atoms with Gasteiger partial charge in [-0.3, -0.25) is 4.79 Å². The molecule has 1 fully saturated rings. The van der Waals surface area contributed by atoms with Gasteiger partial charge in [-0.05, 0) is 49.9 Å². The highest BCUT2D eigenvalue weighted by atomic mass is 32.2. The summed E-state index contributed by atoms with van der Waals surface area (Å²) in [5.74, 6) is 0.130. The van der Waals surface area contributed by atoms with E-state index >= 15 is 0 Å². The molecule has 0 atom stereocenters. The van der Waals surface area contributed by atoms with Gasteiger partial charge in [0, 0.05) is 24.7 Å². The second-order valence-corrected chi connectivity index (χ2v) is 7.16. The first-order valence-electron chi connectivity index (χ1n) is 6.95. The predicted molar refractivity (Wildman–Crippen MR) is 81.3 cm³/mol. The third-order valence-corrected chi connectivity index (χ3v) is 5.18. The van der Waals surface area contributed by atoms with Gasteiger partial charge in [0.25, 0.3) is 0 Å². The first-order chi connectivity index (χ1) is 9.81. The first kappa shape index (κ1) is 15.8. The normalized spacial score (nSPS) is 15.0. The van der Waals surface area contributed by atoms with Crippen LogP contribution in [0.15, 0.2) is 17.0 Å². The van der Waals surface area contributed by atoms with Crippen molar-refractivity contribution in [3.63, 3.8) is 0 Å². The van der Waals surface area contributed by atoms with E-state index in [-0.39, 0.29) is 29.8 Å². The van der Waals surface area contributed by atoms with Gasteiger partial charge in [-0.15, -0.1) is 0 Å². The Balaban J connectivity index is 1.96. The maximum Gasteiger partial charge on any atom is 0.240 e. The summed E-state index contributed by atoms with van der Waals surface area (Å²) < 4.78 is 27.0. The molecule has 4 N–H and O–H groups in total. The quantitative estimate of drug-likeness (QED) is 0.531. The summed E-state index contributed by atoms with van der Waals surface area (Å²) in [6.07, 6.45) is 1.86. The van der Waals surface area contributed by atoms with E-state index in [4.69, 9.17) is 5.73 Å². The van der Waals surface area contributed by atoms with E-state index in [0.29, 0.717) is 11.3 Å². The highest BCUT2D eigenvalue weighted by molar-refractivity contribution is 7.89. The van der Waals surface area contributed by atoms with Crippen molar-refractivity contribution in [2.24, 2.45) is 5.92 Å². The van der Waals surface area contributed by atoms with Crippen molar-refractivity contribution in [1.29, 1.82) is 0 Å². The fourth-order valence-corrected chi connectivity index (χ4v) is 3.45. The number of hydrogen-bond acceptors (Lipinski definition) is 4. The van der Waals surface area contributed by atoms with Crippen molar-refractivity contribution in [3.8, 4) is 0 Å². The first-order valence-corrected chi connectivity index (χ1v) is 8.43. The maximum absolute atomic E-state index is 12.3. The number of nitrogens with one attached hydrogen (secondary N) is 2. The van der Waals surface area contributed by atoms with Crippen molar-refractivity contribution in [1.82, 2.24) is 10.0 Å². The number of benzene rings is 1. The standard InChI is InChI=1S/C14H21N3O3S/c1-9-7-12(15)8-13(10(9)2)21(19,20)17-6-5-16-14(18)11-3-4-11/h7-8,11,17H,3-6,15H2,1-2H3,(H,16,18). The Bertz CT molecular complexity index is 652. The number of anilines is 1. The molecule has 0 saturated heterocycles. The van der Waals surface area contributed by atoms with Crippen molar-refractivity contribution in [2.45, 2.75) is 31.6 Å². The lowest BCUT2D eigenvalue weighted by atomic mass is 10.1. The van der Waals surface area contributed by atoms with Crippen molar-refractivity contribution in [3.05, 3.63) is 23.3 Å². The zero-order valence-corrected chi connectivity index (χ0v) is 13.1. The maximum atomic E-state index is 12.3. The lowest BCUT2D eigenvalue weighted by molar-refractivity contribution is -0.122. The molecule has 1 aromatic rings. The van der Waals surface area contributed by atoms with E-state index in [1.807, 2.05) is 6.92 Å². The van der Waals surface area contributed by atoms with Crippen LogP contribution in [0.5, 0.6) is 0 Å². The van der Waals surface area contributed by atoms with Crippen LogP contribution in [0.3, 0.4) is 0 Å². The van der Waals surface area contributed by atoms with Gasteiger partial charge in [0.05, 0.1) is 4.90 Å². The summed E-state index contributed by atoms with van der Waals surface area (Å²) in [6.45, 7) is 4.02. The Hall–Kier alpha value is -1.60. The van der Waals surface area contributed by atoms with Gasteiger partial charge < -0.3 is 11.1 Å². The summed E-state index contributed by atoms with van der Waals surface area (Å²) >= 11 is 0. The van der Waals surface area contributed by atoms with Crippen LogP contribution in [-0.4, -0.2) is 27.4 Å². The summed E-state index contributed by atoms with van der Waals surface area (Å²) in [6, 6.07) is 3.19. The molecule has 0 radical (unpaired) electrons. The molecule has 0 unspecified atom stereocenters. The Kier molecular flexibility index (Phi) is 4.53. The molecule has 1 amide bonds. The third-order valence-electron chi connectivity index (χ3n) is 3.60. The van der Waals surface area contributed by atoms with Crippen LogP contribution in [-0.2, 0) is 14.8 Å². The summed E-state index contributed by atoms with van der Waals surface area (Å²) in [4.78, 5) is 11.6. The van der Waals surface area contributed by atoms with Gasteiger partial charge in [-0.2, -0.15) is 0 Å². The average molecular weight is 311 g/mol.